The molecule has 1 amide bonds. The van der Waals surface area contributed by atoms with E-state index in [0.29, 0.717) is 85.0 Å². The van der Waals surface area contributed by atoms with Crippen LogP contribution in [-0.4, -0.2) is 97.6 Å². The van der Waals surface area contributed by atoms with Gasteiger partial charge in [0.2, 0.25) is 17.8 Å². The summed E-state index contributed by atoms with van der Waals surface area (Å²) >= 11 is 0. The zero-order valence-electron chi connectivity index (χ0n) is 53.9. The minimum absolute atomic E-state index is 0.138. The summed E-state index contributed by atoms with van der Waals surface area (Å²) in [5.74, 6) is 3.08. The van der Waals surface area contributed by atoms with Gasteiger partial charge in [-0.2, -0.15) is 0 Å². The highest BCUT2D eigenvalue weighted by atomic mass is 32.2. The molecule has 0 atom stereocenters. The highest BCUT2D eigenvalue weighted by Gasteiger charge is 2.25. The van der Waals surface area contributed by atoms with Crippen molar-refractivity contribution >= 4 is 50.5 Å². The van der Waals surface area contributed by atoms with Gasteiger partial charge in [0, 0.05) is 152 Å². The second-order valence-electron chi connectivity index (χ2n) is 23.7. The van der Waals surface area contributed by atoms with Gasteiger partial charge in [0.1, 0.15) is 51.6 Å². The Balaban J connectivity index is 0.000000130. The van der Waals surface area contributed by atoms with Crippen LogP contribution in [0.15, 0.2) is 145 Å². The molecule has 5 N–H and O–H groups in total. The van der Waals surface area contributed by atoms with E-state index in [4.69, 9.17) is 19.2 Å². The number of sulfone groups is 1. The van der Waals surface area contributed by atoms with Crippen LogP contribution in [0.5, 0.6) is 17.2 Å². The molecule has 0 aliphatic carbocycles. The van der Waals surface area contributed by atoms with E-state index in [1.165, 1.54) is 30.0 Å². The lowest BCUT2D eigenvalue weighted by Gasteiger charge is -2.14. The molecule has 6 aromatic heterocycles. The Morgan fingerprint density at radius 3 is 1.28 bits per heavy atom. The quantitative estimate of drug-likeness (QED) is 0.0606. The van der Waals surface area contributed by atoms with E-state index in [-0.39, 0.29) is 41.3 Å². The number of rotatable bonds is 16. The molecule has 3 aliphatic rings. The topological polar surface area (TPSA) is 230 Å². The molecule has 0 radical (unpaired) electrons. The predicted octanol–water partition coefficient (Wildman–Crippen LogP) is 12.0. The zero-order valence-corrected chi connectivity index (χ0v) is 54.7. The van der Waals surface area contributed by atoms with Crippen molar-refractivity contribution in [2.75, 3.05) is 56.1 Å². The number of fused-ring (bicyclic) bond motifs is 6. The molecule has 490 valence electrons. The Morgan fingerprint density at radius 2 is 0.896 bits per heavy atom. The maximum atomic E-state index is 14.5. The third-order valence-corrected chi connectivity index (χ3v) is 18.3. The summed E-state index contributed by atoms with van der Waals surface area (Å²) in [6.07, 6.45) is 14.3. The van der Waals surface area contributed by atoms with Crippen LogP contribution in [0, 0.1) is 45.1 Å². The highest BCUT2D eigenvalue weighted by molar-refractivity contribution is 7.90. The smallest absolute Gasteiger partial charge is 0.251 e. The van der Waals surface area contributed by atoms with Gasteiger partial charge in [-0.3, -0.25) is 18.0 Å². The number of halogens is 3. The third-order valence-electron chi connectivity index (χ3n) is 17.2. The summed E-state index contributed by atoms with van der Waals surface area (Å²) in [4.78, 5) is 39.9. The van der Waals surface area contributed by atoms with Crippen molar-refractivity contribution in [3.63, 3.8) is 0 Å². The summed E-state index contributed by atoms with van der Waals surface area (Å²) in [6.45, 7) is 11.1. The molecule has 0 saturated heterocycles. The number of aryl methyl sites for hydroxylation is 4. The molecular weight excluding hydrogens is 1250 g/mol. The molecule has 24 heteroatoms. The summed E-state index contributed by atoms with van der Waals surface area (Å²) in [5.41, 5.74) is 17.3. The second-order valence-corrected chi connectivity index (χ2v) is 25.7. The van der Waals surface area contributed by atoms with Gasteiger partial charge in [-0.15, -0.1) is 0 Å². The number of carbonyl (C=O) groups excluding carboxylic acids is 1. The number of nitrogens with zero attached hydrogens (tertiary/aromatic N) is 9. The molecule has 0 saturated carbocycles. The lowest BCUT2D eigenvalue weighted by molar-refractivity contribution is 0.0963. The first kappa shape index (κ1) is 63.9. The van der Waals surface area contributed by atoms with Crippen molar-refractivity contribution in [1.29, 1.82) is 0 Å². The van der Waals surface area contributed by atoms with Crippen LogP contribution >= 0.6 is 0 Å². The lowest BCUT2D eigenvalue weighted by Crippen LogP contribution is -2.17. The number of carbonyl (C=O) groups is 1. The van der Waals surface area contributed by atoms with Crippen molar-refractivity contribution in [3.05, 3.63) is 225 Å². The van der Waals surface area contributed by atoms with E-state index in [1.807, 2.05) is 84.9 Å². The molecular formula is C72H69F3N14O6S. The predicted molar refractivity (Wildman–Crippen MR) is 362 cm³/mol. The molecule has 0 fully saturated rings. The first-order chi connectivity index (χ1) is 46.4. The second kappa shape index (κ2) is 26.9. The Kier molecular flexibility index (Phi) is 17.9. The molecule has 0 unspecified atom stereocenters. The Labute approximate surface area is 551 Å². The molecule has 0 bridgehead atoms. The van der Waals surface area contributed by atoms with E-state index in [1.54, 1.807) is 68.0 Å². The maximum Gasteiger partial charge on any atom is 0.251 e. The fourth-order valence-electron chi connectivity index (χ4n) is 12.4. The number of nitrogens with one attached hydrogen (secondary N) is 5. The first-order valence-corrected chi connectivity index (χ1v) is 33.2. The Bertz CT molecular complexity index is 5100. The molecule has 9 heterocycles. The van der Waals surface area contributed by atoms with E-state index in [9.17, 15) is 26.4 Å². The van der Waals surface area contributed by atoms with Gasteiger partial charge < -0.3 is 40.8 Å². The largest absolute Gasteiger partial charge is 0.493 e. The number of hydrogen-bond donors (Lipinski definition) is 5. The van der Waals surface area contributed by atoms with Gasteiger partial charge in [0.25, 0.3) is 5.91 Å². The Hall–Kier alpha value is -10.9. The molecule has 96 heavy (non-hydrogen) atoms. The van der Waals surface area contributed by atoms with Gasteiger partial charge in [0.05, 0.1) is 41.8 Å². The number of benzene rings is 6. The number of anilines is 3. The molecule has 0 spiro atoms. The highest BCUT2D eigenvalue weighted by Crippen LogP contribution is 2.36. The molecule has 3 aliphatic heterocycles. The number of ether oxygens (including phenoxy) is 3. The van der Waals surface area contributed by atoms with Crippen LogP contribution in [0.25, 0.3) is 50.3 Å². The average Bonchev–Trinajstić information content (AvgIpc) is 1.63. The summed E-state index contributed by atoms with van der Waals surface area (Å²) in [7, 11) is 0.239. The van der Waals surface area contributed by atoms with Crippen molar-refractivity contribution in [1.82, 2.24) is 53.7 Å². The van der Waals surface area contributed by atoms with Gasteiger partial charge in [-0.25, -0.2) is 51.5 Å². The van der Waals surface area contributed by atoms with Crippen LogP contribution in [0.4, 0.5) is 31.0 Å². The minimum atomic E-state index is -3.30. The molecule has 6 aromatic carbocycles. The number of aromatic nitrogens is 9. The van der Waals surface area contributed by atoms with Crippen LogP contribution in [0.3, 0.4) is 0 Å². The normalized spacial score (nSPS) is 12.8. The van der Waals surface area contributed by atoms with Gasteiger partial charge in [-0.05, 0) is 123 Å². The molecule has 12 aromatic rings. The lowest BCUT2D eigenvalue weighted by atomic mass is 10.0. The summed E-state index contributed by atoms with van der Waals surface area (Å²) in [5, 5.41) is 15.6. The summed E-state index contributed by atoms with van der Waals surface area (Å²) < 4.78 is 89.7. The van der Waals surface area contributed by atoms with Crippen LogP contribution in [-0.2, 0) is 55.3 Å². The fourth-order valence-corrected chi connectivity index (χ4v) is 13.1. The van der Waals surface area contributed by atoms with E-state index in [0.717, 1.165) is 114 Å². The van der Waals surface area contributed by atoms with Crippen molar-refractivity contribution in [2.24, 2.45) is 0 Å². The van der Waals surface area contributed by atoms with Crippen molar-refractivity contribution in [3.8, 4) is 50.6 Å². The van der Waals surface area contributed by atoms with E-state index < -0.39 is 9.84 Å². The van der Waals surface area contributed by atoms with Crippen LogP contribution < -0.4 is 40.8 Å². The standard InChI is InChI=1S/C24H22FN5O2.C24H24FN5O.C24H23FN4O3S/c1-14-13-30-22(29-14)18(15-3-5-16(6-4-15)23(31)26-2)11-27-24(30)28-12-19-17-9-10-32-21(17)8-7-20(19)25;1-15-14-30-23(29-15)19(17-5-3-16(4-6-17)11-26-2)12-27-24(30)28-13-20-18-9-10-31-22(18)8-7-21(20)25;1-14-10-16(33(3,30)31)4-5-17(14)20-12-27-24(29-13-15(2)28-23(20)29)26-11-19-18-8-9-32-22(18)7-6-21(19)25/h3-8,11,13H,9-10,12H2,1-2H3,(H,26,31)(H,27,28);3-8,12,14,26H,9-11,13H2,1-2H3,(H,27,28);4-7,10,12-13H,8-9,11H2,1-3H3,(H,26,27). The minimum Gasteiger partial charge on any atom is -0.493 e. The fraction of sp³-hybridized carbons (Fsp3) is 0.236. The van der Waals surface area contributed by atoms with Gasteiger partial charge >= 0.3 is 0 Å². The zero-order chi connectivity index (χ0) is 66.9. The van der Waals surface area contributed by atoms with Crippen molar-refractivity contribution in [2.45, 2.75) is 78.0 Å². The first-order valence-electron chi connectivity index (χ1n) is 31.3. The summed E-state index contributed by atoms with van der Waals surface area (Å²) in [6, 6.07) is 30.1. The molecule has 15 rings (SSSR count). The third kappa shape index (κ3) is 13.0. The average molecular weight is 1320 g/mol. The van der Waals surface area contributed by atoms with Crippen LogP contribution in [0.2, 0.25) is 0 Å². The van der Waals surface area contributed by atoms with E-state index in [2.05, 4.69) is 75.8 Å². The number of hydrogen-bond acceptors (Lipinski definition) is 16. The Morgan fingerprint density at radius 1 is 0.500 bits per heavy atom. The molecule has 20 nitrogen and oxygen atoms in total. The maximum absolute atomic E-state index is 14.5. The van der Waals surface area contributed by atoms with Gasteiger partial charge in [0.15, 0.2) is 9.84 Å². The number of amides is 1. The van der Waals surface area contributed by atoms with Crippen molar-refractivity contribution < 1.29 is 40.6 Å². The van der Waals surface area contributed by atoms with E-state index >= 15 is 0 Å². The van der Waals surface area contributed by atoms with Crippen LogP contribution in [0.1, 0.15) is 71.9 Å². The van der Waals surface area contributed by atoms with Gasteiger partial charge in [-0.1, -0.05) is 42.5 Å². The number of imidazole rings is 3. The monoisotopic (exact) mass is 1310 g/mol. The SMILES string of the molecule is CNC(=O)c1ccc(-c2cnc(NCc3c(F)ccc4c3CCO4)n3cc(C)nc23)cc1.CNCc1ccc(-c2cnc(NCc3c(F)ccc4c3CCO4)n3cc(C)nc23)cc1.Cc1cn2c(NCc3c(F)ccc4c3CCO4)ncc(-c3ccc(S(C)(=O)=O)cc3C)c2n1.